The largest absolute Gasteiger partial charge is 0.365 e. The number of hydrogen-bond donors (Lipinski definition) is 2. The van der Waals surface area contributed by atoms with Gasteiger partial charge in [0.15, 0.2) is 5.82 Å². The van der Waals surface area contributed by atoms with E-state index in [1.807, 2.05) is 24.3 Å². The third-order valence-corrected chi connectivity index (χ3v) is 4.45. The third kappa shape index (κ3) is 4.55. The highest BCUT2D eigenvalue weighted by Crippen LogP contribution is 2.12. The molecule has 0 spiro atoms. The molecular weight excluding hydrogens is 326 g/mol. The highest BCUT2D eigenvalue weighted by molar-refractivity contribution is 7.90. The molecule has 0 saturated heterocycles. The van der Waals surface area contributed by atoms with Gasteiger partial charge in [0.2, 0.25) is 0 Å². The SMILES string of the molecule is CN(C)S(=O)(=O)Nc1ccc(NCc2ccc(Cl)cc2)nn1. The Labute approximate surface area is 134 Å². The van der Waals surface area contributed by atoms with Crippen molar-refractivity contribution in [3.05, 3.63) is 47.0 Å². The molecule has 22 heavy (non-hydrogen) atoms. The fourth-order valence-corrected chi connectivity index (χ4v) is 2.18. The summed E-state index contributed by atoms with van der Waals surface area (Å²) in [6, 6.07) is 10.6. The third-order valence-electron chi connectivity index (χ3n) is 2.77. The van der Waals surface area contributed by atoms with Gasteiger partial charge in [0.1, 0.15) is 5.82 Å². The lowest BCUT2D eigenvalue weighted by molar-refractivity contribution is 0.526. The fourth-order valence-electron chi connectivity index (χ4n) is 1.50. The van der Waals surface area contributed by atoms with E-state index in [2.05, 4.69) is 20.2 Å². The van der Waals surface area contributed by atoms with E-state index in [-0.39, 0.29) is 5.82 Å². The Balaban J connectivity index is 1.96. The molecule has 1 heterocycles. The van der Waals surface area contributed by atoms with Crippen molar-refractivity contribution in [3.63, 3.8) is 0 Å². The van der Waals surface area contributed by atoms with E-state index in [0.717, 1.165) is 9.87 Å². The summed E-state index contributed by atoms with van der Waals surface area (Å²) < 4.78 is 26.7. The Morgan fingerprint density at radius 1 is 1.05 bits per heavy atom. The maximum atomic E-state index is 11.6. The van der Waals surface area contributed by atoms with E-state index in [0.29, 0.717) is 17.4 Å². The highest BCUT2D eigenvalue weighted by atomic mass is 35.5. The van der Waals surface area contributed by atoms with Gasteiger partial charge in [-0.2, -0.15) is 12.7 Å². The number of halogens is 1. The predicted octanol–water partition coefficient (Wildman–Crippen LogP) is 1.96. The van der Waals surface area contributed by atoms with Crippen molar-refractivity contribution in [3.8, 4) is 0 Å². The van der Waals surface area contributed by atoms with Crippen LogP contribution in [0.15, 0.2) is 36.4 Å². The van der Waals surface area contributed by atoms with Gasteiger partial charge in [0.25, 0.3) is 0 Å². The molecule has 118 valence electrons. The van der Waals surface area contributed by atoms with Gasteiger partial charge in [0, 0.05) is 25.7 Å². The summed E-state index contributed by atoms with van der Waals surface area (Å²) in [5.41, 5.74) is 1.04. The minimum absolute atomic E-state index is 0.158. The first-order valence-corrected chi connectivity index (χ1v) is 8.21. The number of rotatable bonds is 6. The van der Waals surface area contributed by atoms with E-state index < -0.39 is 10.2 Å². The van der Waals surface area contributed by atoms with Crippen molar-refractivity contribution in [1.82, 2.24) is 14.5 Å². The second-order valence-electron chi connectivity index (χ2n) is 4.67. The van der Waals surface area contributed by atoms with Crippen LogP contribution in [0.3, 0.4) is 0 Å². The summed E-state index contributed by atoms with van der Waals surface area (Å²) >= 11 is 5.82. The number of hydrogen-bond acceptors (Lipinski definition) is 5. The average Bonchev–Trinajstić information content (AvgIpc) is 2.48. The van der Waals surface area contributed by atoms with Crippen LogP contribution in [-0.2, 0) is 16.8 Å². The summed E-state index contributed by atoms with van der Waals surface area (Å²) in [5.74, 6) is 0.702. The molecule has 0 saturated carbocycles. The van der Waals surface area contributed by atoms with Crippen LogP contribution in [0.1, 0.15) is 5.56 Å². The molecule has 0 aliphatic rings. The maximum Gasteiger partial charge on any atom is 0.302 e. The molecule has 7 nitrogen and oxygen atoms in total. The molecule has 1 aromatic carbocycles. The van der Waals surface area contributed by atoms with Gasteiger partial charge >= 0.3 is 10.2 Å². The summed E-state index contributed by atoms with van der Waals surface area (Å²) in [4.78, 5) is 0. The molecule has 0 fully saturated rings. The first-order chi connectivity index (χ1) is 10.4. The predicted molar refractivity (Wildman–Crippen MR) is 87.0 cm³/mol. The zero-order chi connectivity index (χ0) is 16.2. The molecule has 2 aromatic rings. The smallest absolute Gasteiger partial charge is 0.302 e. The molecule has 2 N–H and O–H groups in total. The number of aromatic nitrogens is 2. The van der Waals surface area contributed by atoms with Crippen molar-refractivity contribution in [2.75, 3.05) is 24.1 Å². The molecule has 0 aliphatic carbocycles. The van der Waals surface area contributed by atoms with E-state index in [1.165, 1.54) is 20.2 Å². The lowest BCUT2D eigenvalue weighted by Gasteiger charge is -2.12. The van der Waals surface area contributed by atoms with Crippen molar-refractivity contribution in [2.45, 2.75) is 6.54 Å². The monoisotopic (exact) mass is 341 g/mol. The molecular formula is C13H16ClN5O2S. The Morgan fingerprint density at radius 3 is 2.18 bits per heavy atom. The summed E-state index contributed by atoms with van der Waals surface area (Å²) in [5, 5.41) is 11.5. The summed E-state index contributed by atoms with van der Waals surface area (Å²) in [6.07, 6.45) is 0. The topological polar surface area (TPSA) is 87.2 Å². The minimum Gasteiger partial charge on any atom is -0.365 e. The molecule has 0 amide bonds. The molecule has 2 rings (SSSR count). The summed E-state index contributed by atoms with van der Waals surface area (Å²) in [6.45, 7) is 0.564. The Morgan fingerprint density at radius 2 is 1.64 bits per heavy atom. The number of nitrogens with zero attached hydrogens (tertiary/aromatic N) is 3. The fraction of sp³-hybridized carbons (Fsp3) is 0.231. The summed E-state index contributed by atoms with van der Waals surface area (Å²) in [7, 11) is -0.719. The molecule has 0 unspecified atom stereocenters. The molecule has 0 radical (unpaired) electrons. The zero-order valence-corrected chi connectivity index (χ0v) is 13.7. The quantitative estimate of drug-likeness (QED) is 0.838. The van der Waals surface area contributed by atoms with Crippen LogP contribution < -0.4 is 10.0 Å². The average molecular weight is 342 g/mol. The number of benzene rings is 1. The van der Waals surface area contributed by atoms with E-state index in [9.17, 15) is 8.42 Å². The van der Waals surface area contributed by atoms with Gasteiger partial charge in [-0.25, -0.2) is 0 Å². The molecule has 1 aromatic heterocycles. The second kappa shape index (κ2) is 6.91. The normalized spacial score (nSPS) is 11.5. The van der Waals surface area contributed by atoms with Crippen LogP contribution in [0.25, 0.3) is 0 Å². The van der Waals surface area contributed by atoms with Gasteiger partial charge < -0.3 is 5.32 Å². The Kier molecular flexibility index (Phi) is 5.17. The highest BCUT2D eigenvalue weighted by Gasteiger charge is 2.13. The van der Waals surface area contributed by atoms with Gasteiger partial charge in [0.05, 0.1) is 0 Å². The maximum absolute atomic E-state index is 11.6. The minimum atomic E-state index is -3.58. The molecule has 9 heteroatoms. The van der Waals surface area contributed by atoms with Crippen LogP contribution in [0, 0.1) is 0 Å². The van der Waals surface area contributed by atoms with Gasteiger partial charge in [-0.05, 0) is 29.8 Å². The van der Waals surface area contributed by atoms with Crippen LogP contribution in [-0.4, -0.2) is 37.0 Å². The molecule has 0 bridgehead atoms. The standard InChI is InChI=1S/C13H16ClN5O2S/c1-19(2)22(20,21)18-13-8-7-12(16-17-13)15-9-10-3-5-11(14)6-4-10/h3-8H,9H2,1-2H3,(H,15,16)(H,17,18). The van der Waals surface area contributed by atoms with Gasteiger partial charge in [-0.1, -0.05) is 23.7 Å². The number of anilines is 2. The lowest BCUT2D eigenvalue weighted by atomic mass is 10.2. The zero-order valence-electron chi connectivity index (χ0n) is 12.1. The second-order valence-corrected chi connectivity index (χ2v) is 6.99. The van der Waals surface area contributed by atoms with Crippen LogP contribution in [0.5, 0.6) is 0 Å². The molecule has 0 atom stereocenters. The van der Waals surface area contributed by atoms with Crippen LogP contribution in [0.2, 0.25) is 5.02 Å². The first-order valence-electron chi connectivity index (χ1n) is 6.39. The van der Waals surface area contributed by atoms with E-state index >= 15 is 0 Å². The Hall–Kier alpha value is -1.90. The Bertz CT molecular complexity index is 717. The van der Waals surface area contributed by atoms with Crippen molar-refractivity contribution in [2.24, 2.45) is 0 Å². The van der Waals surface area contributed by atoms with E-state index in [4.69, 9.17) is 11.6 Å². The van der Waals surface area contributed by atoms with Gasteiger partial charge in [-0.15, -0.1) is 10.2 Å². The van der Waals surface area contributed by atoms with Crippen molar-refractivity contribution in [1.29, 1.82) is 0 Å². The van der Waals surface area contributed by atoms with Crippen molar-refractivity contribution >= 4 is 33.4 Å². The number of nitrogens with one attached hydrogen (secondary N) is 2. The van der Waals surface area contributed by atoms with E-state index in [1.54, 1.807) is 6.07 Å². The van der Waals surface area contributed by atoms with Crippen LogP contribution >= 0.6 is 11.6 Å². The first kappa shape index (κ1) is 16.5. The molecule has 0 aliphatic heterocycles. The van der Waals surface area contributed by atoms with Gasteiger partial charge in [-0.3, -0.25) is 4.72 Å². The van der Waals surface area contributed by atoms with Crippen LogP contribution in [0.4, 0.5) is 11.6 Å². The van der Waals surface area contributed by atoms with Crippen molar-refractivity contribution < 1.29 is 8.42 Å². The lowest BCUT2D eigenvalue weighted by Crippen LogP contribution is -2.29.